The van der Waals surface area contributed by atoms with Crippen molar-refractivity contribution < 1.29 is 4.42 Å². The van der Waals surface area contributed by atoms with Crippen molar-refractivity contribution in [2.75, 3.05) is 0 Å². The van der Waals surface area contributed by atoms with E-state index in [0.717, 1.165) is 21.9 Å². The van der Waals surface area contributed by atoms with Crippen molar-refractivity contribution in [1.82, 2.24) is 0 Å². The van der Waals surface area contributed by atoms with Gasteiger partial charge in [-0.25, -0.2) is 0 Å². The van der Waals surface area contributed by atoms with E-state index in [1.807, 2.05) is 12.1 Å². The predicted molar refractivity (Wildman–Crippen MR) is 192 cm³/mol. The molecule has 0 saturated carbocycles. The Morgan fingerprint density at radius 2 is 1.04 bits per heavy atom. The molecule has 9 rings (SSSR count). The normalized spacial score (nSPS) is 12.3. The summed E-state index contributed by atoms with van der Waals surface area (Å²) in [4.78, 5) is 0. The second-order valence-corrected chi connectivity index (χ2v) is 13.3. The molecule has 1 nitrogen and oxygen atoms in total. The van der Waals surface area contributed by atoms with Gasteiger partial charge in [0.25, 0.3) is 0 Å². The Balaban J connectivity index is 1.37. The molecule has 45 heavy (non-hydrogen) atoms. The largest absolute Gasteiger partial charge is 0.456 e. The van der Waals surface area contributed by atoms with Crippen molar-refractivity contribution in [2.45, 2.75) is 26.2 Å². The second-order valence-electron chi connectivity index (χ2n) is 13.3. The van der Waals surface area contributed by atoms with Gasteiger partial charge in [-0.15, -0.1) is 0 Å². The molecule has 0 saturated heterocycles. The Morgan fingerprint density at radius 1 is 0.400 bits per heavy atom. The van der Waals surface area contributed by atoms with Crippen LogP contribution in [-0.2, 0) is 5.41 Å². The van der Waals surface area contributed by atoms with Crippen molar-refractivity contribution in [3.8, 4) is 33.4 Å². The first-order valence-electron chi connectivity index (χ1n) is 15.8. The fourth-order valence-corrected chi connectivity index (χ4v) is 7.29. The molecule has 1 heterocycles. The lowest BCUT2D eigenvalue weighted by Crippen LogP contribution is -2.10. The lowest BCUT2D eigenvalue weighted by Gasteiger charge is -2.23. The van der Waals surface area contributed by atoms with E-state index < -0.39 is 0 Å². The van der Waals surface area contributed by atoms with Crippen LogP contribution >= 0.6 is 0 Å². The molecule has 9 aromatic rings. The first-order chi connectivity index (χ1) is 21.9. The molecule has 0 bridgehead atoms. The van der Waals surface area contributed by atoms with Crippen LogP contribution in [0.3, 0.4) is 0 Å². The average molecular weight is 577 g/mol. The highest BCUT2D eigenvalue weighted by atomic mass is 16.3. The standard InChI is InChI=1S/C44H32O/c1-44(2,3)31-23-29-17-20-35-37(27-11-5-4-6-12-27)26-38(36-21-18-30(24-31)42(29)43(35)36)33-14-8-7-13-32(33)28-19-22-41-39(25-28)34-15-9-10-16-40(34)45-41/h4-26H,1-3H3. The third kappa shape index (κ3) is 4.01. The lowest BCUT2D eigenvalue weighted by molar-refractivity contribution is 0.591. The summed E-state index contributed by atoms with van der Waals surface area (Å²) < 4.78 is 6.18. The first kappa shape index (κ1) is 26.0. The van der Waals surface area contributed by atoms with Crippen molar-refractivity contribution >= 4 is 54.3 Å². The summed E-state index contributed by atoms with van der Waals surface area (Å²) in [5.74, 6) is 0. The molecule has 1 aromatic heterocycles. The Bertz CT molecular complexity index is 2540. The van der Waals surface area contributed by atoms with Crippen molar-refractivity contribution in [3.05, 3.63) is 145 Å². The average Bonchev–Trinajstić information content (AvgIpc) is 3.45. The minimum Gasteiger partial charge on any atom is -0.456 e. The maximum Gasteiger partial charge on any atom is 0.135 e. The van der Waals surface area contributed by atoms with Gasteiger partial charge in [0.1, 0.15) is 11.2 Å². The number of fused-ring (bicyclic) bond motifs is 3. The van der Waals surface area contributed by atoms with E-state index >= 15 is 0 Å². The van der Waals surface area contributed by atoms with E-state index in [4.69, 9.17) is 4.42 Å². The van der Waals surface area contributed by atoms with Gasteiger partial charge < -0.3 is 4.42 Å². The van der Waals surface area contributed by atoms with Crippen LogP contribution in [0.25, 0.3) is 87.6 Å². The highest BCUT2D eigenvalue weighted by Crippen LogP contribution is 2.47. The molecule has 0 amide bonds. The third-order valence-electron chi connectivity index (χ3n) is 9.57. The van der Waals surface area contributed by atoms with Crippen LogP contribution < -0.4 is 0 Å². The molecule has 0 N–H and O–H groups in total. The van der Waals surface area contributed by atoms with Gasteiger partial charge in [-0.3, -0.25) is 0 Å². The number of benzene rings is 8. The fraction of sp³-hybridized carbons (Fsp3) is 0.0909. The van der Waals surface area contributed by atoms with Crippen LogP contribution in [0, 0.1) is 0 Å². The zero-order valence-electron chi connectivity index (χ0n) is 25.7. The van der Waals surface area contributed by atoms with Gasteiger partial charge in [-0.05, 0) is 101 Å². The maximum absolute atomic E-state index is 6.18. The number of hydrogen-bond donors (Lipinski definition) is 0. The highest BCUT2D eigenvalue weighted by molar-refractivity contribution is 6.28. The number of para-hydroxylation sites is 1. The molecule has 0 aliphatic rings. The number of hydrogen-bond acceptors (Lipinski definition) is 1. The van der Waals surface area contributed by atoms with Gasteiger partial charge in [0.15, 0.2) is 0 Å². The molecule has 1 heteroatoms. The Morgan fingerprint density at radius 3 is 1.80 bits per heavy atom. The molecular formula is C44H32O. The summed E-state index contributed by atoms with van der Waals surface area (Å²) in [5, 5.41) is 10.2. The van der Waals surface area contributed by atoms with Gasteiger partial charge in [0, 0.05) is 10.8 Å². The van der Waals surface area contributed by atoms with E-state index in [0.29, 0.717) is 0 Å². The lowest BCUT2D eigenvalue weighted by atomic mass is 9.81. The van der Waals surface area contributed by atoms with E-state index in [9.17, 15) is 0 Å². The monoisotopic (exact) mass is 576 g/mol. The van der Waals surface area contributed by atoms with Crippen LogP contribution in [0.15, 0.2) is 144 Å². The minimum absolute atomic E-state index is 0.0746. The SMILES string of the molecule is CC(C)(C)c1cc2ccc3c(-c4ccccc4)cc(-c4ccccc4-c4ccc5oc6ccccc6c5c4)c4ccc(c1)c2c34. The van der Waals surface area contributed by atoms with E-state index in [2.05, 4.69) is 148 Å². The predicted octanol–water partition coefficient (Wildman–Crippen LogP) is 12.8. The number of rotatable bonds is 3. The van der Waals surface area contributed by atoms with Crippen LogP contribution in [0.5, 0.6) is 0 Å². The van der Waals surface area contributed by atoms with E-state index in [1.165, 1.54) is 71.3 Å². The third-order valence-corrected chi connectivity index (χ3v) is 9.57. The first-order valence-corrected chi connectivity index (χ1v) is 15.8. The van der Waals surface area contributed by atoms with Crippen LogP contribution in [-0.4, -0.2) is 0 Å². The highest BCUT2D eigenvalue weighted by Gasteiger charge is 2.21. The van der Waals surface area contributed by atoms with Gasteiger partial charge >= 0.3 is 0 Å². The molecule has 8 aromatic carbocycles. The van der Waals surface area contributed by atoms with Crippen LogP contribution in [0.1, 0.15) is 26.3 Å². The molecule has 0 unspecified atom stereocenters. The summed E-state index contributed by atoms with van der Waals surface area (Å²) >= 11 is 0. The molecule has 0 radical (unpaired) electrons. The smallest absolute Gasteiger partial charge is 0.135 e. The van der Waals surface area contributed by atoms with Gasteiger partial charge in [0.05, 0.1) is 0 Å². The summed E-state index contributed by atoms with van der Waals surface area (Å²) in [6, 6.07) is 51.2. The van der Waals surface area contributed by atoms with Gasteiger partial charge in [-0.1, -0.05) is 136 Å². The molecule has 0 aliphatic carbocycles. The maximum atomic E-state index is 6.18. The van der Waals surface area contributed by atoms with Crippen molar-refractivity contribution in [2.24, 2.45) is 0 Å². The quantitative estimate of drug-likeness (QED) is 0.191. The summed E-state index contributed by atoms with van der Waals surface area (Å²) in [6.45, 7) is 6.89. The molecule has 214 valence electrons. The molecular weight excluding hydrogens is 544 g/mol. The van der Waals surface area contributed by atoms with Crippen LogP contribution in [0.2, 0.25) is 0 Å². The topological polar surface area (TPSA) is 13.1 Å². The molecule has 0 aliphatic heterocycles. The molecule has 0 atom stereocenters. The van der Waals surface area contributed by atoms with Gasteiger partial charge in [-0.2, -0.15) is 0 Å². The Kier molecular flexibility index (Phi) is 5.53. The molecule has 0 spiro atoms. The fourth-order valence-electron chi connectivity index (χ4n) is 7.29. The summed E-state index contributed by atoms with van der Waals surface area (Å²) in [5.41, 5.74) is 10.7. The molecule has 0 fully saturated rings. The number of furan rings is 1. The summed E-state index contributed by atoms with van der Waals surface area (Å²) in [6.07, 6.45) is 0. The summed E-state index contributed by atoms with van der Waals surface area (Å²) in [7, 11) is 0. The Hall–Kier alpha value is -5.40. The van der Waals surface area contributed by atoms with Crippen molar-refractivity contribution in [3.63, 3.8) is 0 Å². The zero-order valence-corrected chi connectivity index (χ0v) is 25.7. The van der Waals surface area contributed by atoms with Crippen LogP contribution in [0.4, 0.5) is 0 Å². The van der Waals surface area contributed by atoms with Crippen molar-refractivity contribution in [1.29, 1.82) is 0 Å². The Labute approximate surface area is 262 Å². The van der Waals surface area contributed by atoms with Gasteiger partial charge in [0.2, 0.25) is 0 Å². The van der Waals surface area contributed by atoms with E-state index in [1.54, 1.807) is 0 Å². The zero-order chi connectivity index (χ0) is 30.3. The minimum atomic E-state index is 0.0746. The second kappa shape index (κ2) is 9.55. The van der Waals surface area contributed by atoms with E-state index in [-0.39, 0.29) is 5.41 Å².